The van der Waals surface area contributed by atoms with E-state index in [9.17, 15) is 14.0 Å². The molecule has 3 amide bonds. The molecule has 1 heterocycles. The average Bonchev–Trinajstić information content (AvgIpc) is 3.42. The molecular formula is C24H28FN3O2. The van der Waals surface area contributed by atoms with Crippen molar-refractivity contribution in [2.24, 2.45) is 0 Å². The molecule has 6 heteroatoms. The number of aryl methyl sites for hydroxylation is 1. The van der Waals surface area contributed by atoms with Gasteiger partial charge in [0, 0.05) is 13.1 Å². The molecule has 1 saturated carbocycles. The predicted octanol–water partition coefficient (Wildman–Crippen LogP) is 4.96. The van der Waals surface area contributed by atoms with Gasteiger partial charge in [-0.1, -0.05) is 37.1 Å². The number of para-hydroxylation sites is 1. The van der Waals surface area contributed by atoms with Crippen LogP contribution in [0.3, 0.4) is 0 Å². The maximum Gasteiger partial charge on any atom is 0.319 e. The minimum Gasteiger partial charge on any atom is -0.339 e. The van der Waals surface area contributed by atoms with Gasteiger partial charge >= 0.3 is 6.03 Å². The molecule has 2 aliphatic rings. The lowest BCUT2D eigenvalue weighted by molar-refractivity contribution is 0.0793. The normalized spacial score (nSPS) is 17.7. The third kappa shape index (κ3) is 4.04. The number of urea groups is 1. The first-order valence-corrected chi connectivity index (χ1v) is 10.7. The zero-order valence-electron chi connectivity index (χ0n) is 17.3. The number of halogens is 1. The third-order valence-electron chi connectivity index (χ3n) is 6.34. The van der Waals surface area contributed by atoms with Crippen molar-refractivity contribution < 1.29 is 14.0 Å². The van der Waals surface area contributed by atoms with Gasteiger partial charge in [0.15, 0.2) is 0 Å². The number of carbonyl (C=O) groups excluding carboxylic acids is 2. The molecule has 0 unspecified atom stereocenters. The van der Waals surface area contributed by atoms with Crippen LogP contribution in [0.5, 0.6) is 0 Å². The molecule has 1 aliphatic heterocycles. The number of anilines is 1. The molecule has 30 heavy (non-hydrogen) atoms. The van der Waals surface area contributed by atoms with Gasteiger partial charge in [-0.15, -0.1) is 0 Å². The molecule has 1 saturated heterocycles. The Balaban J connectivity index is 1.56. The predicted molar refractivity (Wildman–Crippen MR) is 115 cm³/mol. The third-order valence-corrected chi connectivity index (χ3v) is 6.34. The SMILES string of the molecule is Cc1cccc(C(=O)N2CCCC2)c1NC(=O)NC1(c2ccc(F)cc2)CCCC1. The lowest BCUT2D eigenvalue weighted by atomic mass is 9.88. The van der Waals surface area contributed by atoms with Crippen molar-refractivity contribution in [1.29, 1.82) is 0 Å². The fourth-order valence-corrected chi connectivity index (χ4v) is 4.70. The first-order valence-electron chi connectivity index (χ1n) is 10.7. The molecule has 2 aromatic rings. The smallest absolute Gasteiger partial charge is 0.319 e. The molecular weight excluding hydrogens is 381 g/mol. The van der Waals surface area contributed by atoms with Crippen LogP contribution in [0.1, 0.15) is 60.0 Å². The van der Waals surface area contributed by atoms with E-state index in [0.717, 1.165) is 62.7 Å². The quantitative estimate of drug-likeness (QED) is 0.750. The summed E-state index contributed by atoms with van der Waals surface area (Å²) in [6, 6.07) is 11.5. The summed E-state index contributed by atoms with van der Waals surface area (Å²) in [5, 5.41) is 6.09. The molecule has 5 nitrogen and oxygen atoms in total. The van der Waals surface area contributed by atoms with Crippen LogP contribution < -0.4 is 10.6 Å². The van der Waals surface area contributed by atoms with Crippen LogP contribution in [-0.2, 0) is 5.54 Å². The highest BCUT2D eigenvalue weighted by Crippen LogP contribution is 2.39. The molecule has 0 atom stereocenters. The van der Waals surface area contributed by atoms with Gasteiger partial charge in [0.1, 0.15) is 5.82 Å². The van der Waals surface area contributed by atoms with E-state index in [1.54, 1.807) is 18.2 Å². The monoisotopic (exact) mass is 409 g/mol. The van der Waals surface area contributed by atoms with Gasteiger partial charge in [0.25, 0.3) is 5.91 Å². The number of rotatable bonds is 4. The van der Waals surface area contributed by atoms with E-state index in [0.29, 0.717) is 11.3 Å². The Hall–Kier alpha value is -2.89. The van der Waals surface area contributed by atoms with Crippen LogP contribution in [0.25, 0.3) is 0 Å². The van der Waals surface area contributed by atoms with Crippen molar-refractivity contribution in [3.05, 3.63) is 65.0 Å². The number of hydrogen-bond donors (Lipinski definition) is 2. The minimum atomic E-state index is -0.514. The summed E-state index contributed by atoms with van der Waals surface area (Å²) in [7, 11) is 0. The van der Waals surface area contributed by atoms with E-state index >= 15 is 0 Å². The summed E-state index contributed by atoms with van der Waals surface area (Å²) >= 11 is 0. The molecule has 4 rings (SSSR count). The number of hydrogen-bond acceptors (Lipinski definition) is 2. The zero-order valence-corrected chi connectivity index (χ0v) is 17.3. The molecule has 2 aromatic carbocycles. The molecule has 2 N–H and O–H groups in total. The van der Waals surface area contributed by atoms with Crippen molar-refractivity contribution in [3.63, 3.8) is 0 Å². The van der Waals surface area contributed by atoms with Gasteiger partial charge in [-0.25, -0.2) is 9.18 Å². The number of carbonyl (C=O) groups is 2. The second-order valence-corrected chi connectivity index (χ2v) is 8.37. The second-order valence-electron chi connectivity index (χ2n) is 8.37. The van der Waals surface area contributed by atoms with Gasteiger partial charge in [-0.2, -0.15) is 0 Å². The largest absolute Gasteiger partial charge is 0.339 e. The number of benzene rings is 2. The maximum atomic E-state index is 13.4. The summed E-state index contributed by atoms with van der Waals surface area (Å²) in [5.41, 5.74) is 2.32. The van der Waals surface area contributed by atoms with Crippen LogP contribution in [0, 0.1) is 12.7 Å². The Morgan fingerprint density at radius 1 is 0.967 bits per heavy atom. The molecule has 0 aromatic heterocycles. The van der Waals surface area contributed by atoms with E-state index in [1.807, 2.05) is 24.0 Å². The van der Waals surface area contributed by atoms with Crippen LogP contribution in [0.15, 0.2) is 42.5 Å². The van der Waals surface area contributed by atoms with E-state index in [2.05, 4.69) is 10.6 Å². The van der Waals surface area contributed by atoms with Crippen LogP contribution in [0.4, 0.5) is 14.9 Å². The second kappa shape index (κ2) is 8.46. The topological polar surface area (TPSA) is 61.4 Å². The first kappa shape index (κ1) is 20.4. The number of amides is 3. The van der Waals surface area contributed by atoms with Crippen molar-refractivity contribution in [2.75, 3.05) is 18.4 Å². The van der Waals surface area contributed by atoms with Gasteiger partial charge in [-0.05, 0) is 61.9 Å². The van der Waals surface area contributed by atoms with E-state index in [4.69, 9.17) is 0 Å². The molecule has 158 valence electrons. The summed E-state index contributed by atoms with van der Waals surface area (Å²) in [6.07, 6.45) is 5.64. The highest BCUT2D eigenvalue weighted by Gasteiger charge is 2.37. The van der Waals surface area contributed by atoms with E-state index in [1.165, 1.54) is 12.1 Å². The van der Waals surface area contributed by atoms with E-state index in [-0.39, 0.29) is 17.8 Å². The Bertz CT molecular complexity index is 930. The summed E-state index contributed by atoms with van der Waals surface area (Å²) < 4.78 is 13.4. The Morgan fingerprint density at radius 2 is 1.63 bits per heavy atom. The minimum absolute atomic E-state index is 0.0411. The Kier molecular flexibility index (Phi) is 5.75. The molecule has 0 radical (unpaired) electrons. The van der Waals surface area contributed by atoms with Crippen molar-refractivity contribution in [3.8, 4) is 0 Å². The lowest BCUT2D eigenvalue weighted by Crippen LogP contribution is -2.46. The highest BCUT2D eigenvalue weighted by molar-refractivity contribution is 6.04. The standard InChI is InChI=1S/C24H28FN3O2/c1-17-7-6-8-20(22(29)28-15-4-5-16-28)21(17)26-23(30)27-24(13-2-3-14-24)18-9-11-19(25)12-10-18/h6-12H,2-5,13-16H2,1H3,(H2,26,27,30). The Labute approximate surface area is 176 Å². The van der Waals surface area contributed by atoms with Crippen molar-refractivity contribution in [1.82, 2.24) is 10.2 Å². The van der Waals surface area contributed by atoms with Crippen LogP contribution in [-0.4, -0.2) is 29.9 Å². The fraction of sp³-hybridized carbons (Fsp3) is 0.417. The molecule has 0 spiro atoms. The average molecular weight is 410 g/mol. The van der Waals surface area contributed by atoms with Gasteiger partial charge in [-0.3, -0.25) is 4.79 Å². The van der Waals surface area contributed by atoms with Crippen molar-refractivity contribution in [2.45, 2.75) is 51.0 Å². The molecule has 2 fully saturated rings. The summed E-state index contributed by atoms with van der Waals surface area (Å²) in [4.78, 5) is 27.9. The Morgan fingerprint density at radius 3 is 2.30 bits per heavy atom. The summed E-state index contributed by atoms with van der Waals surface area (Å²) in [5.74, 6) is -0.332. The molecule has 0 bridgehead atoms. The first-order chi connectivity index (χ1) is 14.5. The summed E-state index contributed by atoms with van der Waals surface area (Å²) in [6.45, 7) is 3.40. The van der Waals surface area contributed by atoms with Crippen LogP contribution in [0.2, 0.25) is 0 Å². The van der Waals surface area contributed by atoms with Gasteiger partial charge in [0.2, 0.25) is 0 Å². The number of nitrogens with zero attached hydrogens (tertiary/aromatic N) is 1. The van der Waals surface area contributed by atoms with Crippen LogP contribution >= 0.6 is 0 Å². The number of nitrogens with one attached hydrogen (secondary N) is 2. The van der Waals surface area contributed by atoms with E-state index < -0.39 is 5.54 Å². The lowest BCUT2D eigenvalue weighted by Gasteiger charge is -2.31. The van der Waals surface area contributed by atoms with Crippen molar-refractivity contribution >= 4 is 17.6 Å². The molecule has 1 aliphatic carbocycles. The fourth-order valence-electron chi connectivity index (χ4n) is 4.70. The van der Waals surface area contributed by atoms with Gasteiger partial charge < -0.3 is 15.5 Å². The highest BCUT2D eigenvalue weighted by atomic mass is 19.1. The zero-order chi connectivity index (χ0) is 21.1. The maximum absolute atomic E-state index is 13.4. The van der Waals surface area contributed by atoms with Gasteiger partial charge in [0.05, 0.1) is 16.8 Å². The number of likely N-dealkylation sites (tertiary alicyclic amines) is 1.